The summed E-state index contributed by atoms with van der Waals surface area (Å²) in [5.41, 5.74) is 1.30. The number of nitrogens with one attached hydrogen (secondary N) is 1. The number of hydrogen-bond acceptors (Lipinski definition) is 1. The van der Waals surface area contributed by atoms with Gasteiger partial charge in [-0.15, -0.1) is 0 Å². The molecular weight excluding hydrogens is 260 g/mol. The number of carbonyl (C=O) groups is 1. The van der Waals surface area contributed by atoms with Gasteiger partial charge in [0.15, 0.2) is 0 Å². The highest BCUT2D eigenvalue weighted by Crippen LogP contribution is 2.29. The van der Waals surface area contributed by atoms with Gasteiger partial charge < -0.3 is 10.2 Å². The van der Waals surface area contributed by atoms with E-state index in [4.69, 9.17) is 0 Å². The summed E-state index contributed by atoms with van der Waals surface area (Å²) in [6.45, 7) is 2.90. The molecule has 1 fully saturated rings. The van der Waals surface area contributed by atoms with Crippen molar-refractivity contribution in [1.82, 2.24) is 10.2 Å². The molecule has 2 aromatic carbocycles. The minimum absolute atomic E-state index is 0.0459. The molecule has 0 aliphatic heterocycles. The zero-order chi connectivity index (χ0) is 14.8. The van der Waals surface area contributed by atoms with Gasteiger partial charge in [-0.05, 0) is 35.1 Å². The van der Waals surface area contributed by atoms with Crippen molar-refractivity contribution in [2.45, 2.75) is 25.8 Å². The predicted octanol–water partition coefficient (Wildman–Crippen LogP) is 3.43. The third-order valence-electron chi connectivity index (χ3n) is 4.36. The minimum Gasteiger partial charge on any atom is -0.335 e. The molecule has 1 saturated carbocycles. The Morgan fingerprint density at radius 3 is 2.71 bits per heavy atom. The predicted molar refractivity (Wildman–Crippen MR) is 86.4 cm³/mol. The topological polar surface area (TPSA) is 32.3 Å². The summed E-state index contributed by atoms with van der Waals surface area (Å²) in [5.74, 6) is 0.639. The maximum atomic E-state index is 12.0. The van der Waals surface area contributed by atoms with Crippen LogP contribution >= 0.6 is 0 Å². The second-order valence-electron chi connectivity index (χ2n) is 6.08. The highest BCUT2D eigenvalue weighted by Gasteiger charge is 2.34. The van der Waals surface area contributed by atoms with E-state index in [0.29, 0.717) is 12.0 Å². The van der Waals surface area contributed by atoms with Crippen LogP contribution in [0.1, 0.15) is 18.9 Å². The van der Waals surface area contributed by atoms with Gasteiger partial charge >= 0.3 is 6.03 Å². The quantitative estimate of drug-likeness (QED) is 0.915. The summed E-state index contributed by atoms with van der Waals surface area (Å²) >= 11 is 0. The van der Waals surface area contributed by atoms with E-state index in [1.807, 2.05) is 7.05 Å². The van der Waals surface area contributed by atoms with Crippen molar-refractivity contribution in [3.63, 3.8) is 0 Å². The van der Waals surface area contributed by atoms with Crippen molar-refractivity contribution in [1.29, 1.82) is 0 Å². The maximum absolute atomic E-state index is 12.0. The largest absolute Gasteiger partial charge is 0.335 e. The molecule has 21 heavy (non-hydrogen) atoms. The SMILES string of the molecule is C[C@H]1C[C@@H]1NC(=O)N(C)CCc1cccc2ccccc12. The molecule has 3 heteroatoms. The van der Waals surface area contributed by atoms with Crippen LogP contribution in [0.4, 0.5) is 4.79 Å². The lowest BCUT2D eigenvalue weighted by Gasteiger charge is -2.18. The van der Waals surface area contributed by atoms with Gasteiger partial charge in [-0.1, -0.05) is 49.4 Å². The van der Waals surface area contributed by atoms with Crippen LogP contribution in [-0.4, -0.2) is 30.6 Å². The van der Waals surface area contributed by atoms with Gasteiger partial charge in [-0.3, -0.25) is 0 Å². The standard InChI is InChI=1S/C18H22N2O/c1-13-12-17(13)19-18(21)20(2)11-10-15-8-5-7-14-6-3-4-9-16(14)15/h3-9,13,17H,10-12H2,1-2H3,(H,19,21)/t13-,17-/m0/s1. The van der Waals surface area contributed by atoms with Crippen LogP contribution in [0.2, 0.25) is 0 Å². The van der Waals surface area contributed by atoms with Crippen LogP contribution < -0.4 is 5.32 Å². The van der Waals surface area contributed by atoms with E-state index in [1.54, 1.807) is 4.90 Å². The van der Waals surface area contributed by atoms with Crippen molar-refractivity contribution in [2.24, 2.45) is 5.92 Å². The molecule has 1 N–H and O–H groups in total. The number of carbonyl (C=O) groups excluding carboxylic acids is 1. The van der Waals surface area contributed by atoms with Crippen LogP contribution in [0.3, 0.4) is 0 Å². The molecule has 110 valence electrons. The van der Waals surface area contributed by atoms with Gasteiger partial charge in [0.25, 0.3) is 0 Å². The van der Waals surface area contributed by atoms with Crippen molar-refractivity contribution >= 4 is 16.8 Å². The fourth-order valence-electron chi connectivity index (χ4n) is 2.69. The molecule has 3 nitrogen and oxygen atoms in total. The summed E-state index contributed by atoms with van der Waals surface area (Å²) in [4.78, 5) is 13.8. The molecule has 0 heterocycles. The molecular formula is C18H22N2O. The fourth-order valence-corrected chi connectivity index (χ4v) is 2.69. The van der Waals surface area contributed by atoms with Crippen LogP contribution in [0.25, 0.3) is 10.8 Å². The lowest BCUT2D eigenvalue weighted by atomic mass is 10.0. The van der Waals surface area contributed by atoms with E-state index >= 15 is 0 Å². The van der Waals surface area contributed by atoms with E-state index in [9.17, 15) is 4.79 Å². The fraction of sp³-hybridized carbons (Fsp3) is 0.389. The number of fused-ring (bicyclic) bond motifs is 1. The molecule has 2 aromatic rings. The highest BCUT2D eigenvalue weighted by molar-refractivity contribution is 5.85. The molecule has 0 bridgehead atoms. The van der Waals surface area contributed by atoms with E-state index < -0.39 is 0 Å². The number of rotatable bonds is 4. The normalized spacial score (nSPS) is 20.3. The first-order valence-electron chi connectivity index (χ1n) is 7.63. The van der Waals surface area contributed by atoms with Gasteiger partial charge in [0.2, 0.25) is 0 Å². The average Bonchev–Trinajstić information content (AvgIpc) is 3.19. The average molecular weight is 282 g/mol. The highest BCUT2D eigenvalue weighted by atomic mass is 16.2. The van der Waals surface area contributed by atoms with Crippen LogP contribution in [0.15, 0.2) is 42.5 Å². The molecule has 1 aliphatic carbocycles. The smallest absolute Gasteiger partial charge is 0.317 e. The summed E-state index contributed by atoms with van der Waals surface area (Å²) in [7, 11) is 1.87. The maximum Gasteiger partial charge on any atom is 0.317 e. The van der Waals surface area contributed by atoms with Crippen LogP contribution in [-0.2, 0) is 6.42 Å². The summed E-state index contributed by atoms with van der Waals surface area (Å²) in [6.07, 6.45) is 1.99. The van der Waals surface area contributed by atoms with Gasteiger partial charge in [0.05, 0.1) is 0 Å². The number of benzene rings is 2. The van der Waals surface area contributed by atoms with Gasteiger partial charge in [-0.25, -0.2) is 4.79 Å². The first kappa shape index (κ1) is 13.9. The Hall–Kier alpha value is -2.03. The Balaban J connectivity index is 1.62. The van der Waals surface area contributed by atoms with Gasteiger partial charge in [0, 0.05) is 19.6 Å². The Labute approximate surface area is 125 Å². The first-order chi connectivity index (χ1) is 10.1. The van der Waals surface area contributed by atoms with Crippen LogP contribution in [0, 0.1) is 5.92 Å². The number of urea groups is 1. The van der Waals surface area contributed by atoms with Crippen molar-refractivity contribution < 1.29 is 4.79 Å². The van der Waals surface area contributed by atoms with E-state index in [1.165, 1.54) is 16.3 Å². The Morgan fingerprint density at radius 1 is 1.24 bits per heavy atom. The lowest BCUT2D eigenvalue weighted by Crippen LogP contribution is -2.39. The lowest BCUT2D eigenvalue weighted by molar-refractivity contribution is 0.208. The third-order valence-corrected chi connectivity index (χ3v) is 4.36. The zero-order valence-electron chi connectivity index (χ0n) is 12.7. The molecule has 2 atom stereocenters. The number of amides is 2. The summed E-state index contributed by atoms with van der Waals surface area (Å²) in [6, 6.07) is 15.2. The monoisotopic (exact) mass is 282 g/mol. The van der Waals surface area contributed by atoms with Crippen molar-refractivity contribution in [3.8, 4) is 0 Å². The second kappa shape index (κ2) is 5.76. The minimum atomic E-state index is 0.0459. The molecule has 0 unspecified atom stereocenters. The van der Waals surface area contributed by atoms with Gasteiger partial charge in [0.1, 0.15) is 0 Å². The Bertz CT molecular complexity index is 647. The van der Waals surface area contributed by atoms with Crippen molar-refractivity contribution in [2.75, 3.05) is 13.6 Å². The molecule has 0 spiro atoms. The second-order valence-corrected chi connectivity index (χ2v) is 6.08. The van der Waals surface area contributed by atoms with E-state index in [-0.39, 0.29) is 6.03 Å². The van der Waals surface area contributed by atoms with E-state index in [2.05, 4.69) is 54.7 Å². The molecule has 3 rings (SSSR count). The Kier molecular flexibility index (Phi) is 3.82. The number of hydrogen-bond donors (Lipinski definition) is 1. The molecule has 1 aliphatic rings. The first-order valence-corrected chi connectivity index (χ1v) is 7.63. The zero-order valence-corrected chi connectivity index (χ0v) is 12.7. The molecule has 2 amide bonds. The molecule has 0 saturated heterocycles. The Morgan fingerprint density at radius 2 is 1.95 bits per heavy atom. The third kappa shape index (κ3) is 3.18. The molecule has 0 radical (unpaired) electrons. The van der Waals surface area contributed by atoms with Crippen molar-refractivity contribution in [3.05, 3.63) is 48.0 Å². The summed E-state index contributed by atoms with van der Waals surface area (Å²) in [5, 5.41) is 5.60. The number of likely N-dealkylation sites (N-methyl/N-ethyl adjacent to an activating group) is 1. The summed E-state index contributed by atoms with van der Waals surface area (Å²) < 4.78 is 0. The van der Waals surface area contributed by atoms with E-state index in [0.717, 1.165) is 19.4 Å². The number of nitrogens with zero attached hydrogens (tertiary/aromatic N) is 1. The van der Waals surface area contributed by atoms with Gasteiger partial charge in [-0.2, -0.15) is 0 Å². The molecule has 0 aromatic heterocycles. The van der Waals surface area contributed by atoms with Crippen LogP contribution in [0.5, 0.6) is 0 Å².